The lowest BCUT2D eigenvalue weighted by Crippen LogP contribution is -2.78. The van der Waals surface area contributed by atoms with Gasteiger partial charge in [0.2, 0.25) is 10.0 Å². The Morgan fingerprint density at radius 3 is 2.38 bits per heavy atom. The van der Waals surface area contributed by atoms with Gasteiger partial charge in [-0.05, 0) is 83.2 Å². The number of sulfonamides is 1. The van der Waals surface area contributed by atoms with E-state index in [1.54, 1.807) is 36.4 Å². The summed E-state index contributed by atoms with van der Waals surface area (Å²) in [5, 5.41) is 3.41. The molecule has 2 bridgehead atoms. The number of halogens is 3. The fourth-order valence-electron chi connectivity index (χ4n) is 6.28. The van der Waals surface area contributed by atoms with Crippen LogP contribution in [0.5, 0.6) is 0 Å². The van der Waals surface area contributed by atoms with Crippen LogP contribution < -0.4 is 5.32 Å². The summed E-state index contributed by atoms with van der Waals surface area (Å²) in [6.07, 6.45) is 1.87. The average Bonchev–Trinajstić information content (AvgIpc) is 3.12. The largest absolute Gasteiger partial charge is 0.366 e. The summed E-state index contributed by atoms with van der Waals surface area (Å²) >= 11 is 5.86. The van der Waals surface area contributed by atoms with E-state index >= 15 is 0 Å². The van der Waals surface area contributed by atoms with E-state index in [-0.39, 0.29) is 40.5 Å². The lowest BCUT2D eigenvalue weighted by molar-refractivity contribution is -0.151. The molecule has 10 heteroatoms. The number of Topliss-reactive ketones (excluding diaryl/α,β-unsaturated/α-hetero) is 1. The van der Waals surface area contributed by atoms with Gasteiger partial charge in [0.1, 0.15) is 23.4 Å². The van der Waals surface area contributed by atoms with Crippen molar-refractivity contribution in [1.29, 1.82) is 0 Å². The van der Waals surface area contributed by atoms with Crippen LogP contribution in [-0.4, -0.2) is 47.1 Å². The number of alkyl halides is 1. The predicted octanol–water partition coefficient (Wildman–Crippen LogP) is 5.84. The molecule has 1 atom stereocenters. The molecular weight excluding hydrogens is 544 g/mol. The highest BCUT2D eigenvalue weighted by Gasteiger charge is 2.75. The molecule has 0 aromatic heterocycles. The molecule has 1 aliphatic heterocycles. The lowest BCUT2D eigenvalue weighted by atomic mass is 9.38. The first-order valence-corrected chi connectivity index (χ1v) is 15.0. The number of rotatable bonds is 10. The monoisotopic (exact) mass is 577 g/mol. The number of carbonyl (C=O) groups is 1. The minimum atomic E-state index is -3.89. The number of ketones is 1. The summed E-state index contributed by atoms with van der Waals surface area (Å²) in [6, 6.07) is 12.0. The molecule has 0 radical (unpaired) electrons. The number of benzene rings is 2. The Bertz CT molecular complexity index is 1420. The van der Waals surface area contributed by atoms with Crippen molar-refractivity contribution in [3.05, 3.63) is 64.9 Å². The van der Waals surface area contributed by atoms with Gasteiger partial charge in [-0.2, -0.15) is 4.31 Å². The van der Waals surface area contributed by atoms with E-state index in [2.05, 4.69) is 5.32 Å². The van der Waals surface area contributed by atoms with Crippen LogP contribution in [0.2, 0.25) is 5.02 Å². The van der Waals surface area contributed by atoms with Crippen LogP contribution in [0.4, 0.5) is 8.78 Å². The van der Waals surface area contributed by atoms with Crippen LogP contribution in [0.3, 0.4) is 0 Å². The van der Waals surface area contributed by atoms with Gasteiger partial charge in [-0.1, -0.05) is 35.9 Å². The van der Waals surface area contributed by atoms with Gasteiger partial charge in [-0.3, -0.25) is 9.79 Å². The first-order valence-electron chi connectivity index (χ1n) is 13.2. The highest BCUT2D eigenvalue weighted by Crippen LogP contribution is 2.71. The molecule has 210 valence electrons. The van der Waals surface area contributed by atoms with Gasteiger partial charge in [0.15, 0.2) is 5.78 Å². The van der Waals surface area contributed by atoms with Gasteiger partial charge in [0.05, 0.1) is 15.5 Å². The van der Waals surface area contributed by atoms with Crippen molar-refractivity contribution in [3.8, 4) is 0 Å². The van der Waals surface area contributed by atoms with E-state index in [1.807, 2.05) is 13.8 Å². The summed E-state index contributed by atoms with van der Waals surface area (Å²) in [7, 11) is -3.89. The number of hydrogen-bond donors (Lipinski definition) is 1. The van der Waals surface area contributed by atoms with Crippen LogP contribution in [-0.2, 0) is 21.4 Å². The fraction of sp³-hybridized carbons (Fsp3) is 0.517. The van der Waals surface area contributed by atoms with Crippen molar-refractivity contribution in [2.75, 3.05) is 0 Å². The zero-order valence-electron chi connectivity index (χ0n) is 22.6. The summed E-state index contributed by atoms with van der Waals surface area (Å²) in [4.78, 5) is 17.9. The molecule has 1 N–H and O–H groups in total. The molecule has 1 heterocycles. The van der Waals surface area contributed by atoms with Crippen molar-refractivity contribution in [3.63, 3.8) is 0 Å². The second-order valence-corrected chi connectivity index (χ2v) is 14.8. The number of nitrogens with zero attached hydrogens (tertiary/aromatic N) is 2. The second-order valence-electron chi connectivity index (χ2n) is 12.5. The minimum absolute atomic E-state index is 0.00687. The first-order chi connectivity index (χ1) is 18.1. The molecule has 39 heavy (non-hydrogen) atoms. The molecule has 3 aliphatic carbocycles. The summed E-state index contributed by atoms with van der Waals surface area (Å²) in [5.41, 5.74) is -2.53. The lowest BCUT2D eigenvalue weighted by Gasteiger charge is -2.73. The average molecular weight is 578 g/mol. The third-order valence-corrected chi connectivity index (χ3v) is 10.6. The molecular formula is C29H34ClF2N3O3S. The number of amidine groups is 1. The van der Waals surface area contributed by atoms with Crippen molar-refractivity contribution >= 4 is 33.2 Å². The Morgan fingerprint density at radius 1 is 1.15 bits per heavy atom. The Hall–Kier alpha value is -2.36. The van der Waals surface area contributed by atoms with Gasteiger partial charge >= 0.3 is 0 Å². The maximum atomic E-state index is 14.2. The molecule has 0 spiro atoms. The maximum Gasteiger partial charge on any atom is 0.243 e. The Labute approximate surface area is 233 Å². The molecule has 4 aliphatic rings. The minimum Gasteiger partial charge on any atom is -0.366 e. The highest BCUT2D eigenvalue weighted by atomic mass is 35.5. The van der Waals surface area contributed by atoms with Crippen LogP contribution in [0, 0.1) is 11.2 Å². The quantitative estimate of drug-likeness (QED) is 0.385. The van der Waals surface area contributed by atoms with Crippen LogP contribution in [0.1, 0.15) is 65.4 Å². The standard InChI is InChI=1S/C29H34ClF2N3O3S/c1-26(2,32)13-12-23(36)24-27(3,4)34-25(33-24)28-16-29(17-28,18-28)35(15-19-10-11-21(30)22(31)14-19)39(37,38)20-8-6-5-7-9-20/h5-11,14,24H,12-13,15-18H2,1-4H3,(H,33,34)/t24-,28?,29?/m0/s1. The van der Waals surface area contributed by atoms with E-state index in [0.717, 1.165) is 5.84 Å². The van der Waals surface area contributed by atoms with E-state index in [1.165, 1.54) is 30.3 Å². The Balaban J connectivity index is 1.39. The van der Waals surface area contributed by atoms with Gasteiger partial charge in [0, 0.05) is 23.9 Å². The fourth-order valence-corrected chi connectivity index (χ4v) is 8.17. The van der Waals surface area contributed by atoms with E-state index < -0.39 is 38.6 Å². The Morgan fingerprint density at radius 2 is 1.79 bits per heavy atom. The van der Waals surface area contributed by atoms with E-state index in [4.69, 9.17) is 16.6 Å². The third-order valence-electron chi connectivity index (χ3n) is 8.33. The zero-order chi connectivity index (χ0) is 28.4. The maximum absolute atomic E-state index is 14.2. The molecule has 6 nitrogen and oxygen atoms in total. The smallest absolute Gasteiger partial charge is 0.243 e. The molecule has 0 unspecified atom stereocenters. The Kier molecular flexibility index (Phi) is 6.75. The summed E-state index contributed by atoms with van der Waals surface area (Å²) in [5.74, 6) is 0.0216. The SMILES string of the molecule is CC(C)(F)CCC(=O)[C@@H]1N=C(C23CC(N(Cc4ccc(Cl)c(F)c4)S(=O)(=O)c4ccccc4)(C2)C3)NC1(C)C. The van der Waals surface area contributed by atoms with Gasteiger partial charge in [-0.15, -0.1) is 0 Å². The number of carbonyl (C=O) groups excluding carboxylic acids is 1. The molecule has 0 saturated heterocycles. The van der Waals surface area contributed by atoms with Crippen LogP contribution >= 0.6 is 11.6 Å². The van der Waals surface area contributed by atoms with Gasteiger partial charge < -0.3 is 5.32 Å². The predicted molar refractivity (Wildman–Crippen MR) is 147 cm³/mol. The summed E-state index contributed by atoms with van der Waals surface area (Å²) in [6.45, 7) is 6.75. The molecule has 2 aromatic carbocycles. The van der Waals surface area contributed by atoms with E-state index in [9.17, 15) is 22.0 Å². The number of hydrogen-bond acceptors (Lipinski definition) is 5. The molecule has 0 amide bonds. The first kappa shape index (κ1) is 28.2. The molecule has 2 aromatic rings. The summed E-state index contributed by atoms with van der Waals surface area (Å²) < 4.78 is 57.5. The second kappa shape index (κ2) is 9.35. The van der Waals surface area contributed by atoms with E-state index in [0.29, 0.717) is 24.8 Å². The highest BCUT2D eigenvalue weighted by molar-refractivity contribution is 7.89. The number of nitrogens with one attached hydrogen (secondary N) is 1. The van der Waals surface area contributed by atoms with Crippen molar-refractivity contribution in [2.24, 2.45) is 10.4 Å². The van der Waals surface area contributed by atoms with Gasteiger partial charge in [0.25, 0.3) is 0 Å². The van der Waals surface area contributed by atoms with Crippen molar-refractivity contribution in [2.45, 2.75) is 94.0 Å². The molecule has 3 saturated carbocycles. The van der Waals surface area contributed by atoms with Crippen molar-refractivity contribution < 1.29 is 22.0 Å². The zero-order valence-corrected chi connectivity index (χ0v) is 24.2. The number of aliphatic imine (C=N–C) groups is 1. The molecule has 3 fully saturated rings. The van der Waals surface area contributed by atoms with Crippen molar-refractivity contribution in [1.82, 2.24) is 9.62 Å². The van der Waals surface area contributed by atoms with Crippen LogP contribution in [0.25, 0.3) is 0 Å². The topological polar surface area (TPSA) is 78.8 Å². The normalized spacial score (nSPS) is 27.4. The molecule has 6 rings (SSSR count). The van der Waals surface area contributed by atoms with Crippen LogP contribution in [0.15, 0.2) is 58.4 Å². The van der Waals surface area contributed by atoms with Gasteiger partial charge in [-0.25, -0.2) is 17.2 Å². The third kappa shape index (κ3) is 5.02.